The quantitative estimate of drug-likeness (QED) is 0.295. The molecule has 0 saturated heterocycles. The molecule has 0 spiro atoms. The minimum atomic E-state index is -4.20. The van der Waals surface area contributed by atoms with Crippen molar-refractivity contribution in [2.75, 3.05) is 0 Å². The lowest BCUT2D eigenvalue weighted by atomic mass is 10.1. The zero-order chi connectivity index (χ0) is 15.7. The topological polar surface area (TPSA) is 105 Å². The Morgan fingerprint density at radius 3 is 2.14 bits per heavy atom. The van der Waals surface area contributed by atoms with Crippen molar-refractivity contribution in [2.24, 2.45) is 0 Å². The number of halogens is 1. The summed E-state index contributed by atoms with van der Waals surface area (Å²) in [6, 6.07) is 5.26. The molecule has 0 aromatic heterocycles. The summed E-state index contributed by atoms with van der Waals surface area (Å²) in [7, 11) is -7.29. The molecular weight excluding hydrogens is 336 g/mol. The lowest BCUT2D eigenvalue weighted by Crippen LogP contribution is -2.43. The van der Waals surface area contributed by atoms with Crippen molar-refractivity contribution in [3.8, 4) is 0 Å². The highest BCUT2D eigenvalue weighted by atomic mass is 35.5. The molecule has 0 unspecified atom stereocenters. The third kappa shape index (κ3) is 2.76. The van der Waals surface area contributed by atoms with Crippen LogP contribution in [0.25, 0.3) is 5.53 Å². The van der Waals surface area contributed by atoms with Gasteiger partial charge in [0.05, 0.1) is 4.90 Å². The lowest BCUT2D eigenvalue weighted by Gasteiger charge is -2.16. The van der Waals surface area contributed by atoms with Gasteiger partial charge in [-0.15, -0.1) is 0 Å². The Hall–Kier alpha value is -1.21. The highest BCUT2D eigenvalue weighted by Gasteiger charge is 2.55. The van der Waals surface area contributed by atoms with Crippen molar-refractivity contribution in [1.29, 1.82) is 0 Å². The predicted molar refractivity (Wildman–Crippen MR) is 78.8 cm³/mol. The van der Waals surface area contributed by atoms with E-state index in [4.69, 9.17) is 17.1 Å². The summed E-state index contributed by atoms with van der Waals surface area (Å²) in [6.07, 6.45) is 1.41. The standard InChI is InChI=1S/C12H13ClN2O4S2/c13-9-3-5-10(6-4-9)21(18,19)11(15-14)12(20(16)17)7-1-2-8-12/h3-6,20H,1-2,7-8H2. The molecule has 0 amide bonds. The molecule has 1 aromatic carbocycles. The zero-order valence-corrected chi connectivity index (χ0v) is 13.4. The van der Waals surface area contributed by atoms with Crippen LogP contribution < -0.4 is 0 Å². The van der Waals surface area contributed by atoms with Crippen LogP contribution in [0, 0.1) is 0 Å². The summed E-state index contributed by atoms with van der Waals surface area (Å²) in [5.41, 5.74) is 9.17. The van der Waals surface area contributed by atoms with Gasteiger partial charge in [0.15, 0.2) is 15.5 Å². The number of rotatable bonds is 3. The number of nitrogens with zero attached hydrogens (tertiary/aromatic N) is 2. The van der Waals surface area contributed by atoms with Crippen molar-refractivity contribution in [3.63, 3.8) is 0 Å². The molecule has 1 aliphatic carbocycles. The van der Waals surface area contributed by atoms with Gasteiger partial charge in [-0.3, -0.25) is 0 Å². The predicted octanol–water partition coefficient (Wildman–Crippen LogP) is 1.67. The second kappa shape index (κ2) is 5.88. The van der Waals surface area contributed by atoms with Crippen molar-refractivity contribution in [2.45, 2.75) is 35.3 Å². The first-order chi connectivity index (χ1) is 9.84. The van der Waals surface area contributed by atoms with Crippen LogP contribution in [-0.4, -0.2) is 31.4 Å². The molecule has 0 heterocycles. The highest BCUT2D eigenvalue weighted by Crippen LogP contribution is 2.36. The summed E-state index contributed by atoms with van der Waals surface area (Å²) < 4.78 is 46.7. The molecule has 21 heavy (non-hydrogen) atoms. The fraction of sp³-hybridized carbons (Fsp3) is 0.417. The first-order valence-corrected chi connectivity index (χ1v) is 9.26. The first-order valence-electron chi connectivity index (χ1n) is 6.22. The van der Waals surface area contributed by atoms with E-state index >= 15 is 0 Å². The molecule has 1 aliphatic rings. The van der Waals surface area contributed by atoms with Gasteiger partial charge in [0.1, 0.15) is 0 Å². The van der Waals surface area contributed by atoms with E-state index in [0.717, 1.165) is 0 Å². The first kappa shape index (κ1) is 16.2. The van der Waals surface area contributed by atoms with Gasteiger partial charge in [0.2, 0.25) is 0 Å². The van der Waals surface area contributed by atoms with Crippen LogP contribution in [0.15, 0.2) is 29.2 Å². The van der Waals surface area contributed by atoms with Gasteiger partial charge in [-0.2, -0.15) is 4.79 Å². The van der Waals surface area contributed by atoms with Gasteiger partial charge in [-0.05, 0) is 37.1 Å². The van der Waals surface area contributed by atoms with Crippen LogP contribution >= 0.6 is 11.6 Å². The van der Waals surface area contributed by atoms with Crippen LogP contribution in [0.3, 0.4) is 0 Å². The summed E-state index contributed by atoms with van der Waals surface area (Å²) in [5, 5.41) is -0.354. The van der Waals surface area contributed by atoms with Crippen LogP contribution in [0.1, 0.15) is 25.7 Å². The molecular formula is C12H13ClN2O4S2. The van der Waals surface area contributed by atoms with Crippen LogP contribution in [0.4, 0.5) is 0 Å². The average Bonchev–Trinajstić information content (AvgIpc) is 2.90. The molecule has 6 nitrogen and oxygen atoms in total. The van der Waals surface area contributed by atoms with Crippen molar-refractivity contribution in [1.82, 2.24) is 0 Å². The fourth-order valence-corrected chi connectivity index (χ4v) is 5.68. The number of hydrogen-bond acceptors (Lipinski definition) is 4. The van der Waals surface area contributed by atoms with Crippen LogP contribution in [0.2, 0.25) is 5.02 Å². The molecule has 0 bridgehead atoms. The van der Waals surface area contributed by atoms with Gasteiger partial charge in [0.25, 0.3) is 9.84 Å². The average molecular weight is 349 g/mol. The maximum absolute atomic E-state index is 12.6. The molecule has 0 aliphatic heterocycles. The van der Waals surface area contributed by atoms with E-state index < -0.39 is 30.3 Å². The summed E-state index contributed by atoms with van der Waals surface area (Å²) in [5.74, 6) is 0. The molecule has 0 atom stereocenters. The number of hydrogen-bond donors (Lipinski definition) is 1. The third-order valence-corrected chi connectivity index (χ3v) is 7.28. The van der Waals surface area contributed by atoms with Crippen molar-refractivity contribution < 1.29 is 21.6 Å². The van der Waals surface area contributed by atoms with E-state index in [1.807, 2.05) is 0 Å². The molecule has 0 N–H and O–H groups in total. The Morgan fingerprint density at radius 2 is 1.71 bits per heavy atom. The van der Waals surface area contributed by atoms with E-state index in [9.17, 15) is 16.8 Å². The van der Waals surface area contributed by atoms with E-state index in [0.29, 0.717) is 17.9 Å². The summed E-state index contributed by atoms with van der Waals surface area (Å²) in [4.78, 5) is 2.70. The zero-order valence-electron chi connectivity index (χ0n) is 10.9. The van der Waals surface area contributed by atoms with Gasteiger partial charge < -0.3 is 5.53 Å². The van der Waals surface area contributed by atoms with E-state index in [1.165, 1.54) is 24.3 Å². The Kier molecular flexibility index (Phi) is 4.53. The normalized spacial score (nSPS) is 17.6. The second-order valence-corrected chi connectivity index (χ2v) is 8.53. The van der Waals surface area contributed by atoms with E-state index in [2.05, 4.69) is 4.79 Å². The van der Waals surface area contributed by atoms with Crippen molar-refractivity contribution in [3.05, 3.63) is 34.8 Å². The largest absolute Gasteiger partial charge is 0.406 e. The van der Waals surface area contributed by atoms with Gasteiger partial charge in [0, 0.05) is 5.02 Å². The second-order valence-electron chi connectivity index (χ2n) is 4.86. The summed E-state index contributed by atoms with van der Waals surface area (Å²) >= 11 is 5.71. The Morgan fingerprint density at radius 1 is 1.19 bits per heavy atom. The van der Waals surface area contributed by atoms with Crippen LogP contribution in [-0.2, 0) is 20.5 Å². The molecule has 1 saturated carbocycles. The molecule has 9 heteroatoms. The lowest BCUT2D eigenvalue weighted by molar-refractivity contribution is -0.00601. The fourth-order valence-electron chi connectivity index (χ4n) is 2.56. The minimum absolute atomic E-state index is 0.137. The number of thiol groups is 1. The molecule has 1 fully saturated rings. The Labute approximate surface area is 129 Å². The maximum Gasteiger partial charge on any atom is 0.406 e. The molecule has 114 valence electrons. The van der Waals surface area contributed by atoms with Gasteiger partial charge in [-0.25, -0.2) is 16.8 Å². The van der Waals surface area contributed by atoms with Crippen molar-refractivity contribution >= 4 is 37.2 Å². The minimum Gasteiger partial charge on any atom is -0.360 e. The molecule has 1 aromatic rings. The van der Waals surface area contributed by atoms with E-state index in [-0.39, 0.29) is 17.7 Å². The van der Waals surface area contributed by atoms with Gasteiger partial charge in [-0.1, -0.05) is 24.4 Å². The smallest absolute Gasteiger partial charge is 0.360 e. The summed E-state index contributed by atoms with van der Waals surface area (Å²) in [6.45, 7) is 0. The molecule has 0 radical (unpaired) electrons. The SMILES string of the molecule is [N-]=[N+]=C(C1([SH](=O)=O)CCCC1)S(=O)(=O)c1ccc(Cl)cc1. The maximum atomic E-state index is 12.6. The van der Waals surface area contributed by atoms with E-state index in [1.54, 1.807) is 0 Å². The van der Waals surface area contributed by atoms with Crippen LogP contribution in [0.5, 0.6) is 0 Å². The Balaban J connectivity index is 2.61. The molecule has 2 rings (SSSR count). The Bertz CT molecular complexity index is 764. The number of sulfone groups is 1. The third-order valence-electron chi connectivity index (χ3n) is 3.65. The monoisotopic (exact) mass is 348 g/mol. The number of benzene rings is 1. The van der Waals surface area contributed by atoms with Gasteiger partial charge >= 0.3 is 5.04 Å². The highest BCUT2D eigenvalue weighted by molar-refractivity contribution is 8.07.